The number of piperazine rings is 1. The van der Waals surface area contributed by atoms with Crippen LogP contribution in [0.25, 0.3) is 0 Å². The van der Waals surface area contributed by atoms with Crippen LogP contribution in [0.1, 0.15) is 26.2 Å². The first-order chi connectivity index (χ1) is 14.9. The molecule has 1 N–H and O–H groups in total. The SMILES string of the molecule is COc1cc([N+](=O)[O-])ccc1NC(=O)CN1CCN([C@@H](C)C(=O)N2CCCCC2)CC1. The fraction of sp³-hybridized carbons (Fsp3) is 0.619. The van der Waals surface area contributed by atoms with E-state index in [4.69, 9.17) is 4.74 Å². The normalized spacial score (nSPS) is 19.0. The third-order valence-electron chi connectivity index (χ3n) is 6.02. The standard InChI is InChI=1S/C21H31N5O5/c1-16(21(28)25-8-4-3-5-9-25)24-12-10-23(11-13-24)15-20(27)22-18-7-6-17(26(29)30)14-19(18)31-2/h6-7,14,16H,3-5,8-13,15H2,1-2H3,(H,22,27)/t16-/m0/s1. The number of nitrogens with zero attached hydrogens (tertiary/aromatic N) is 4. The van der Waals surface area contributed by atoms with Crippen molar-refractivity contribution in [2.75, 3.05) is 58.2 Å². The van der Waals surface area contributed by atoms with Gasteiger partial charge in [0, 0.05) is 45.3 Å². The summed E-state index contributed by atoms with van der Waals surface area (Å²) in [4.78, 5) is 41.8. The van der Waals surface area contributed by atoms with Crippen LogP contribution in [0.15, 0.2) is 18.2 Å². The summed E-state index contributed by atoms with van der Waals surface area (Å²) in [6.07, 6.45) is 3.37. The number of benzene rings is 1. The first kappa shape index (κ1) is 23.0. The number of likely N-dealkylation sites (tertiary alicyclic amines) is 1. The molecular weight excluding hydrogens is 402 g/mol. The largest absolute Gasteiger partial charge is 0.494 e. The molecule has 0 radical (unpaired) electrons. The number of piperidine rings is 1. The number of nitro benzene ring substituents is 1. The van der Waals surface area contributed by atoms with Gasteiger partial charge in [0.15, 0.2) is 0 Å². The van der Waals surface area contributed by atoms with E-state index in [1.807, 2.05) is 16.7 Å². The maximum atomic E-state index is 12.7. The number of carbonyl (C=O) groups excluding carboxylic acids is 2. The third-order valence-corrected chi connectivity index (χ3v) is 6.02. The molecule has 10 nitrogen and oxygen atoms in total. The molecule has 170 valence electrons. The maximum Gasteiger partial charge on any atom is 0.273 e. The van der Waals surface area contributed by atoms with Crippen molar-refractivity contribution in [2.45, 2.75) is 32.2 Å². The predicted octanol–water partition coefficient (Wildman–Crippen LogP) is 1.56. The number of ether oxygens (including phenoxy) is 1. The smallest absolute Gasteiger partial charge is 0.273 e. The van der Waals surface area contributed by atoms with Gasteiger partial charge < -0.3 is 15.0 Å². The Morgan fingerprint density at radius 3 is 2.42 bits per heavy atom. The number of anilines is 1. The van der Waals surface area contributed by atoms with Crippen molar-refractivity contribution in [2.24, 2.45) is 0 Å². The predicted molar refractivity (Wildman–Crippen MR) is 116 cm³/mol. The molecular formula is C21H31N5O5. The van der Waals surface area contributed by atoms with Gasteiger partial charge in [-0.3, -0.25) is 29.5 Å². The Bertz CT molecular complexity index is 803. The molecule has 3 rings (SSSR count). The Labute approximate surface area is 182 Å². The summed E-state index contributed by atoms with van der Waals surface area (Å²) in [6.45, 7) is 6.75. The average Bonchev–Trinajstić information content (AvgIpc) is 2.79. The van der Waals surface area contributed by atoms with Gasteiger partial charge in [0.25, 0.3) is 5.69 Å². The molecule has 2 fully saturated rings. The van der Waals surface area contributed by atoms with E-state index in [9.17, 15) is 19.7 Å². The minimum absolute atomic E-state index is 0.0980. The second-order valence-electron chi connectivity index (χ2n) is 8.06. The number of amides is 2. The van der Waals surface area contributed by atoms with Crippen LogP contribution < -0.4 is 10.1 Å². The van der Waals surface area contributed by atoms with Gasteiger partial charge in [-0.2, -0.15) is 0 Å². The first-order valence-electron chi connectivity index (χ1n) is 10.8. The Morgan fingerprint density at radius 1 is 1.13 bits per heavy atom. The van der Waals surface area contributed by atoms with E-state index in [1.165, 1.54) is 31.7 Å². The summed E-state index contributed by atoms with van der Waals surface area (Å²) < 4.78 is 5.16. The Hall–Kier alpha value is -2.72. The van der Waals surface area contributed by atoms with Gasteiger partial charge in [0.1, 0.15) is 5.75 Å². The van der Waals surface area contributed by atoms with Gasteiger partial charge in [-0.05, 0) is 32.3 Å². The fourth-order valence-electron chi connectivity index (χ4n) is 4.13. The molecule has 31 heavy (non-hydrogen) atoms. The molecule has 1 aromatic carbocycles. The molecule has 0 bridgehead atoms. The van der Waals surface area contributed by atoms with E-state index in [0.29, 0.717) is 18.8 Å². The van der Waals surface area contributed by atoms with Crippen molar-refractivity contribution in [3.05, 3.63) is 28.3 Å². The van der Waals surface area contributed by atoms with Gasteiger partial charge in [-0.25, -0.2) is 0 Å². The van der Waals surface area contributed by atoms with E-state index in [2.05, 4.69) is 10.2 Å². The third kappa shape index (κ3) is 5.92. The summed E-state index contributed by atoms with van der Waals surface area (Å²) in [6, 6.07) is 3.95. The van der Waals surface area contributed by atoms with Crippen molar-refractivity contribution in [1.82, 2.24) is 14.7 Å². The molecule has 0 aliphatic carbocycles. The number of hydrogen-bond acceptors (Lipinski definition) is 7. The van der Waals surface area contributed by atoms with Crippen LogP contribution in [0, 0.1) is 10.1 Å². The lowest BCUT2D eigenvalue weighted by molar-refractivity contribution is -0.384. The van der Waals surface area contributed by atoms with Crippen molar-refractivity contribution in [3.8, 4) is 5.75 Å². The summed E-state index contributed by atoms with van der Waals surface area (Å²) in [7, 11) is 1.40. The number of non-ortho nitro benzene ring substituents is 1. The van der Waals surface area contributed by atoms with Gasteiger partial charge in [-0.15, -0.1) is 0 Å². The lowest BCUT2D eigenvalue weighted by Gasteiger charge is -2.39. The summed E-state index contributed by atoms with van der Waals surface area (Å²) in [5, 5.41) is 13.7. The Morgan fingerprint density at radius 2 is 1.81 bits per heavy atom. The maximum absolute atomic E-state index is 12.7. The van der Waals surface area contributed by atoms with Gasteiger partial charge in [0.2, 0.25) is 11.8 Å². The Balaban J connectivity index is 1.47. The lowest BCUT2D eigenvalue weighted by Crippen LogP contribution is -2.55. The molecule has 0 aromatic heterocycles. The van der Waals surface area contributed by atoms with E-state index in [1.54, 1.807) is 0 Å². The summed E-state index contributed by atoms with van der Waals surface area (Å²) >= 11 is 0. The van der Waals surface area contributed by atoms with Crippen LogP contribution in [-0.4, -0.2) is 90.4 Å². The molecule has 2 saturated heterocycles. The van der Waals surface area contributed by atoms with Gasteiger partial charge in [-0.1, -0.05) is 0 Å². The molecule has 1 atom stereocenters. The highest BCUT2D eigenvalue weighted by Gasteiger charge is 2.29. The van der Waals surface area contributed by atoms with Crippen LogP contribution >= 0.6 is 0 Å². The number of methoxy groups -OCH3 is 1. The summed E-state index contributed by atoms with van der Waals surface area (Å²) in [5.41, 5.74) is 0.302. The van der Waals surface area contributed by atoms with Crippen molar-refractivity contribution < 1.29 is 19.2 Å². The van der Waals surface area contributed by atoms with Crippen LogP contribution in [-0.2, 0) is 9.59 Å². The fourth-order valence-corrected chi connectivity index (χ4v) is 4.13. The highest BCUT2D eigenvalue weighted by Crippen LogP contribution is 2.29. The molecule has 2 amide bonds. The van der Waals surface area contributed by atoms with E-state index in [-0.39, 0.29) is 35.8 Å². The average molecular weight is 434 g/mol. The van der Waals surface area contributed by atoms with Crippen molar-refractivity contribution in [1.29, 1.82) is 0 Å². The highest BCUT2D eigenvalue weighted by atomic mass is 16.6. The van der Waals surface area contributed by atoms with E-state index in [0.717, 1.165) is 39.0 Å². The zero-order valence-corrected chi connectivity index (χ0v) is 18.2. The monoisotopic (exact) mass is 433 g/mol. The zero-order chi connectivity index (χ0) is 22.4. The molecule has 1 aromatic rings. The number of nitrogens with one attached hydrogen (secondary N) is 1. The number of rotatable bonds is 7. The molecule has 2 aliphatic heterocycles. The molecule has 2 aliphatic rings. The second-order valence-corrected chi connectivity index (χ2v) is 8.06. The molecule has 0 spiro atoms. The van der Waals surface area contributed by atoms with Crippen LogP contribution in [0.3, 0.4) is 0 Å². The van der Waals surface area contributed by atoms with Crippen molar-refractivity contribution >= 4 is 23.2 Å². The van der Waals surface area contributed by atoms with Crippen molar-refractivity contribution in [3.63, 3.8) is 0 Å². The van der Waals surface area contributed by atoms with Crippen LogP contribution in [0.5, 0.6) is 5.75 Å². The van der Waals surface area contributed by atoms with E-state index >= 15 is 0 Å². The van der Waals surface area contributed by atoms with E-state index < -0.39 is 4.92 Å². The van der Waals surface area contributed by atoms with Crippen LogP contribution in [0.4, 0.5) is 11.4 Å². The minimum Gasteiger partial charge on any atom is -0.494 e. The molecule has 2 heterocycles. The quantitative estimate of drug-likeness (QED) is 0.513. The first-order valence-corrected chi connectivity index (χ1v) is 10.8. The topological polar surface area (TPSA) is 108 Å². The number of hydrogen-bond donors (Lipinski definition) is 1. The number of nitro groups is 1. The second kappa shape index (κ2) is 10.5. The summed E-state index contributed by atoms with van der Waals surface area (Å²) in [5.74, 6) is 0.242. The minimum atomic E-state index is -0.509. The lowest BCUT2D eigenvalue weighted by atomic mass is 10.1. The Kier molecular flexibility index (Phi) is 7.80. The zero-order valence-electron chi connectivity index (χ0n) is 18.2. The molecule has 0 saturated carbocycles. The highest BCUT2D eigenvalue weighted by molar-refractivity contribution is 5.94. The van der Waals surface area contributed by atoms with Crippen LogP contribution in [0.2, 0.25) is 0 Å². The molecule has 0 unspecified atom stereocenters. The van der Waals surface area contributed by atoms with Gasteiger partial charge >= 0.3 is 0 Å². The molecule has 10 heteroatoms. The number of carbonyl (C=O) groups is 2. The van der Waals surface area contributed by atoms with Gasteiger partial charge in [0.05, 0.1) is 36.4 Å².